The van der Waals surface area contributed by atoms with Crippen LogP contribution in [0.5, 0.6) is 5.75 Å². The normalized spacial score (nSPS) is 18.1. The maximum Gasteiger partial charge on any atom is 0.174 e. The molecule has 0 saturated carbocycles. The highest BCUT2D eigenvalue weighted by molar-refractivity contribution is 6.29. The molecule has 3 aromatic carbocycles. The van der Waals surface area contributed by atoms with E-state index in [9.17, 15) is 14.7 Å². The van der Waals surface area contributed by atoms with E-state index in [0.717, 1.165) is 49.1 Å². The zero-order chi connectivity index (χ0) is 25.1. The second kappa shape index (κ2) is 10.9. The lowest BCUT2D eigenvalue weighted by Gasteiger charge is -2.36. The van der Waals surface area contributed by atoms with Crippen molar-refractivity contribution < 1.29 is 19.4 Å². The maximum absolute atomic E-state index is 13.2. The number of rotatable bonds is 9. The second-order valence-electron chi connectivity index (χ2n) is 9.88. The van der Waals surface area contributed by atoms with Gasteiger partial charge in [0.1, 0.15) is 18.5 Å². The van der Waals surface area contributed by atoms with Gasteiger partial charge in [0, 0.05) is 49.2 Å². The van der Waals surface area contributed by atoms with Crippen LogP contribution in [-0.4, -0.2) is 78.5 Å². The Morgan fingerprint density at radius 3 is 2.11 bits per heavy atom. The van der Waals surface area contributed by atoms with Crippen molar-refractivity contribution in [1.82, 2.24) is 9.80 Å². The molecule has 6 heteroatoms. The number of Topliss-reactive ketones (excluding diaryl/α,β-unsaturated/α-hetero) is 2. The summed E-state index contributed by atoms with van der Waals surface area (Å²) in [5.41, 5.74) is 2.62. The van der Waals surface area contributed by atoms with Crippen molar-refractivity contribution >= 4 is 22.3 Å². The van der Waals surface area contributed by atoms with Crippen molar-refractivity contribution in [3.05, 3.63) is 77.4 Å². The highest BCUT2D eigenvalue weighted by Crippen LogP contribution is 2.33. The molecule has 1 N–H and O–H groups in total. The summed E-state index contributed by atoms with van der Waals surface area (Å²) < 4.78 is 5.75. The van der Waals surface area contributed by atoms with Crippen molar-refractivity contribution in [2.24, 2.45) is 5.92 Å². The van der Waals surface area contributed by atoms with Crippen LogP contribution in [0.25, 0.3) is 10.8 Å². The number of aliphatic hydroxyl groups is 1. The fourth-order valence-corrected chi connectivity index (χ4v) is 5.38. The standard InChI is InChI=1S/C30H34N2O4/c1-2-21-9-11-24(12-10-21)36-20-23(33)19-32-17-15-31(16-18-32)14-13-27-29(34)25-7-3-5-22-6-4-8-26(28(22)25)30(27)35/h3-12,23,27,33H,2,13-20H2,1H3. The van der Waals surface area contributed by atoms with Gasteiger partial charge in [0.25, 0.3) is 0 Å². The molecule has 188 valence electrons. The number of aryl methyl sites for hydroxylation is 1. The zero-order valence-electron chi connectivity index (χ0n) is 20.9. The fourth-order valence-electron chi connectivity index (χ4n) is 5.38. The van der Waals surface area contributed by atoms with Gasteiger partial charge < -0.3 is 14.7 Å². The number of hydrogen-bond donors (Lipinski definition) is 1. The molecule has 0 bridgehead atoms. The van der Waals surface area contributed by atoms with Crippen LogP contribution in [0.3, 0.4) is 0 Å². The first kappa shape index (κ1) is 24.6. The van der Waals surface area contributed by atoms with E-state index in [-0.39, 0.29) is 18.2 Å². The Morgan fingerprint density at radius 1 is 0.889 bits per heavy atom. The van der Waals surface area contributed by atoms with Gasteiger partial charge in [0.05, 0.1) is 5.92 Å². The van der Waals surface area contributed by atoms with Crippen LogP contribution in [0, 0.1) is 5.92 Å². The van der Waals surface area contributed by atoms with Gasteiger partial charge in [-0.05, 0) is 42.5 Å². The number of piperazine rings is 1. The van der Waals surface area contributed by atoms with Gasteiger partial charge in [0.15, 0.2) is 11.6 Å². The Balaban J connectivity index is 1.08. The van der Waals surface area contributed by atoms with Crippen LogP contribution in [0.2, 0.25) is 0 Å². The van der Waals surface area contributed by atoms with Gasteiger partial charge in [-0.3, -0.25) is 14.5 Å². The Kier molecular flexibility index (Phi) is 7.46. The lowest BCUT2D eigenvalue weighted by atomic mass is 9.78. The molecule has 3 aromatic rings. The molecule has 1 aliphatic heterocycles. The first-order valence-electron chi connectivity index (χ1n) is 13.0. The van der Waals surface area contributed by atoms with E-state index in [4.69, 9.17) is 4.74 Å². The van der Waals surface area contributed by atoms with Gasteiger partial charge in [-0.15, -0.1) is 0 Å². The smallest absolute Gasteiger partial charge is 0.174 e. The van der Waals surface area contributed by atoms with Gasteiger partial charge in [0.2, 0.25) is 0 Å². The molecule has 0 amide bonds. The molecular weight excluding hydrogens is 452 g/mol. The number of carbonyl (C=O) groups is 2. The topological polar surface area (TPSA) is 70.1 Å². The number of β-amino-alcohol motifs (C(OH)–C–C–N with tert-alkyl or cyclic N) is 1. The van der Waals surface area contributed by atoms with Crippen molar-refractivity contribution in [3.8, 4) is 5.75 Å². The molecule has 1 saturated heterocycles. The Morgan fingerprint density at radius 2 is 1.50 bits per heavy atom. The minimum Gasteiger partial charge on any atom is -0.491 e. The average Bonchev–Trinajstić information content (AvgIpc) is 2.91. The van der Waals surface area contributed by atoms with Crippen LogP contribution in [0.4, 0.5) is 0 Å². The van der Waals surface area contributed by atoms with Gasteiger partial charge in [-0.2, -0.15) is 0 Å². The van der Waals surface area contributed by atoms with Gasteiger partial charge in [-0.1, -0.05) is 55.5 Å². The molecule has 0 radical (unpaired) electrons. The third kappa shape index (κ3) is 5.21. The molecule has 5 rings (SSSR count). The summed E-state index contributed by atoms with van der Waals surface area (Å²) in [6.07, 6.45) is 0.977. The Bertz CT molecular complexity index is 1180. The summed E-state index contributed by atoms with van der Waals surface area (Å²) >= 11 is 0. The largest absolute Gasteiger partial charge is 0.491 e. The van der Waals surface area contributed by atoms with Crippen LogP contribution < -0.4 is 4.74 Å². The van der Waals surface area contributed by atoms with Crippen molar-refractivity contribution in [2.45, 2.75) is 25.9 Å². The van der Waals surface area contributed by atoms with Crippen molar-refractivity contribution in [1.29, 1.82) is 0 Å². The van der Waals surface area contributed by atoms with E-state index >= 15 is 0 Å². The van der Waals surface area contributed by atoms with E-state index in [1.165, 1.54) is 5.56 Å². The monoisotopic (exact) mass is 486 g/mol. The number of ketones is 2. The first-order valence-corrected chi connectivity index (χ1v) is 13.0. The number of hydrogen-bond acceptors (Lipinski definition) is 6. The molecular formula is C30H34N2O4. The molecule has 1 fully saturated rings. The molecule has 1 unspecified atom stereocenters. The van der Waals surface area contributed by atoms with E-state index in [1.807, 2.05) is 48.5 Å². The molecule has 36 heavy (non-hydrogen) atoms. The Hall–Kier alpha value is -3.06. The van der Waals surface area contributed by atoms with Crippen LogP contribution in [0.1, 0.15) is 39.6 Å². The third-order valence-electron chi connectivity index (χ3n) is 7.51. The summed E-state index contributed by atoms with van der Waals surface area (Å²) in [6, 6.07) is 19.4. The number of ether oxygens (including phenoxy) is 1. The van der Waals surface area contributed by atoms with E-state index in [1.54, 1.807) is 0 Å². The highest BCUT2D eigenvalue weighted by atomic mass is 16.5. The predicted octanol–water partition coefficient (Wildman–Crippen LogP) is 3.85. The summed E-state index contributed by atoms with van der Waals surface area (Å²) in [4.78, 5) is 30.9. The molecule has 1 atom stereocenters. The summed E-state index contributed by atoms with van der Waals surface area (Å²) in [6.45, 7) is 7.07. The second-order valence-corrected chi connectivity index (χ2v) is 9.88. The molecule has 0 spiro atoms. The van der Waals surface area contributed by atoms with E-state index in [0.29, 0.717) is 30.6 Å². The lowest BCUT2D eigenvalue weighted by Crippen LogP contribution is -2.49. The maximum atomic E-state index is 13.2. The summed E-state index contributed by atoms with van der Waals surface area (Å²) in [7, 11) is 0. The third-order valence-corrected chi connectivity index (χ3v) is 7.51. The summed E-state index contributed by atoms with van der Waals surface area (Å²) in [5.74, 6) is 0.0846. The first-order chi connectivity index (χ1) is 17.5. The minimum atomic E-state index is -0.603. The number of benzene rings is 3. The van der Waals surface area contributed by atoms with Crippen molar-refractivity contribution in [3.63, 3.8) is 0 Å². The van der Waals surface area contributed by atoms with Crippen molar-refractivity contribution in [2.75, 3.05) is 45.9 Å². The van der Waals surface area contributed by atoms with Gasteiger partial charge >= 0.3 is 0 Å². The molecule has 1 aliphatic carbocycles. The highest BCUT2D eigenvalue weighted by Gasteiger charge is 2.35. The van der Waals surface area contributed by atoms with E-state index < -0.39 is 12.0 Å². The van der Waals surface area contributed by atoms with Crippen LogP contribution in [-0.2, 0) is 6.42 Å². The molecule has 6 nitrogen and oxygen atoms in total. The lowest BCUT2D eigenvalue weighted by molar-refractivity contribution is 0.0445. The number of aliphatic hydroxyl groups excluding tert-OH is 1. The van der Waals surface area contributed by atoms with Crippen LogP contribution in [0.15, 0.2) is 60.7 Å². The number of carbonyl (C=O) groups excluding carboxylic acids is 2. The molecule has 1 heterocycles. The van der Waals surface area contributed by atoms with E-state index in [2.05, 4.69) is 28.9 Å². The predicted molar refractivity (Wildman–Crippen MR) is 141 cm³/mol. The summed E-state index contributed by atoms with van der Waals surface area (Å²) in [5, 5.41) is 12.2. The van der Waals surface area contributed by atoms with Gasteiger partial charge in [-0.25, -0.2) is 0 Å². The fraction of sp³-hybridized carbons (Fsp3) is 0.400. The molecule has 0 aromatic heterocycles. The average molecular weight is 487 g/mol. The quantitative estimate of drug-likeness (QED) is 0.464. The Labute approximate surface area is 212 Å². The molecule has 2 aliphatic rings. The SMILES string of the molecule is CCc1ccc(OCC(O)CN2CCN(CCC3C(=O)c4cccc5cccc(c45)C3=O)CC2)cc1. The van der Waals surface area contributed by atoms with Crippen LogP contribution >= 0.6 is 0 Å². The zero-order valence-corrected chi connectivity index (χ0v) is 20.9. The number of nitrogens with zero attached hydrogens (tertiary/aromatic N) is 2. The minimum absolute atomic E-state index is 0.0459.